The van der Waals surface area contributed by atoms with Crippen molar-refractivity contribution in [3.8, 4) is 0 Å². The number of likely N-dealkylation sites (tertiary alicyclic amines) is 1. The molecule has 0 atom stereocenters. The molecular weight excluding hydrogens is 272 g/mol. The monoisotopic (exact) mass is 290 g/mol. The number of thiazole rings is 1. The van der Waals surface area contributed by atoms with Crippen molar-refractivity contribution in [2.75, 3.05) is 25.0 Å². The van der Waals surface area contributed by atoms with Crippen LogP contribution in [0, 0.1) is 0 Å². The average Bonchev–Trinajstić information content (AvgIpc) is 2.83. The second kappa shape index (κ2) is 5.87. The molecule has 2 heterocycles. The van der Waals surface area contributed by atoms with Gasteiger partial charge >= 0.3 is 0 Å². The predicted octanol–water partition coefficient (Wildman–Crippen LogP) is 1.66. The fourth-order valence-electron chi connectivity index (χ4n) is 2.40. The van der Waals surface area contributed by atoms with Crippen molar-refractivity contribution < 1.29 is 4.79 Å². The number of nitrogens with two attached hydrogens (primary N) is 1. The van der Waals surface area contributed by atoms with Crippen LogP contribution in [0.15, 0.2) is 24.3 Å². The number of anilines is 1. The van der Waals surface area contributed by atoms with Gasteiger partial charge in [0, 0.05) is 19.1 Å². The Morgan fingerprint density at radius 2 is 2.15 bits per heavy atom. The molecule has 1 aromatic carbocycles. The lowest BCUT2D eigenvalue weighted by atomic mass is 10.1. The van der Waals surface area contributed by atoms with Crippen LogP contribution in [0.2, 0.25) is 0 Å². The Morgan fingerprint density at radius 1 is 1.40 bits per heavy atom. The van der Waals surface area contributed by atoms with Crippen LogP contribution < -0.4 is 11.1 Å². The molecule has 0 unspecified atom stereocenters. The molecule has 6 heteroatoms. The number of aromatic nitrogens is 1. The van der Waals surface area contributed by atoms with Crippen LogP contribution in [0.1, 0.15) is 12.8 Å². The summed E-state index contributed by atoms with van der Waals surface area (Å²) >= 11 is 1.51. The van der Waals surface area contributed by atoms with Crippen LogP contribution >= 0.6 is 11.3 Å². The van der Waals surface area contributed by atoms with Crippen LogP contribution in [-0.2, 0) is 4.79 Å². The summed E-state index contributed by atoms with van der Waals surface area (Å²) in [4.78, 5) is 18.6. The highest BCUT2D eigenvalue weighted by molar-refractivity contribution is 7.22. The number of nitrogens with one attached hydrogen (secondary N) is 1. The van der Waals surface area contributed by atoms with Gasteiger partial charge in [-0.1, -0.05) is 23.5 Å². The van der Waals surface area contributed by atoms with Crippen molar-refractivity contribution in [1.29, 1.82) is 0 Å². The first-order valence-corrected chi connectivity index (χ1v) is 7.66. The molecule has 1 saturated heterocycles. The van der Waals surface area contributed by atoms with Crippen molar-refractivity contribution >= 4 is 32.6 Å². The summed E-state index contributed by atoms with van der Waals surface area (Å²) in [5, 5.41) is 3.56. The zero-order valence-corrected chi connectivity index (χ0v) is 12.0. The Morgan fingerprint density at radius 3 is 2.90 bits per heavy atom. The molecule has 3 N–H and O–H groups in total. The molecule has 106 valence electrons. The highest BCUT2D eigenvalue weighted by atomic mass is 32.1. The van der Waals surface area contributed by atoms with Gasteiger partial charge < -0.3 is 11.1 Å². The van der Waals surface area contributed by atoms with Gasteiger partial charge in [-0.25, -0.2) is 4.98 Å². The second-order valence-corrected chi connectivity index (χ2v) is 6.18. The maximum atomic E-state index is 12.0. The normalized spacial score (nSPS) is 17.4. The van der Waals surface area contributed by atoms with Crippen LogP contribution in [0.4, 0.5) is 5.13 Å². The van der Waals surface area contributed by atoms with E-state index in [1.165, 1.54) is 11.3 Å². The van der Waals surface area contributed by atoms with Crippen molar-refractivity contribution in [3.63, 3.8) is 0 Å². The predicted molar refractivity (Wildman–Crippen MR) is 81.9 cm³/mol. The lowest BCUT2D eigenvalue weighted by Gasteiger charge is -2.29. The number of nitrogens with zero attached hydrogens (tertiary/aromatic N) is 2. The minimum atomic E-state index is -0.000437. The van der Waals surface area contributed by atoms with Crippen LogP contribution in [0.5, 0.6) is 0 Å². The van der Waals surface area contributed by atoms with E-state index in [2.05, 4.69) is 15.2 Å². The highest BCUT2D eigenvalue weighted by Gasteiger charge is 2.18. The van der Waals surface area contributed by atoms with Crippen LogP contribution in [0.3, 0.4) is 0 Å². The quantitative estimate of drug-likeness (QED) is 0.902. The fourth-order valence-corrected chi connectivity index (χ4v) is 3.28. The zero-order valence-electron chi connectivity index (χ0n) is 11.2. The number of rotatable bonds is 3. The second-order valence-electron chi connectivity index (χ2n) is 5.15. The van der Waals surface area contributed by atoms with E-state index in [0.29, 0.717) is 17.7 Å². The van der Waals surface area contributed by atoms with E-state index in [1.807, 2.05) is 24.3 Å². The van der Waals surface area contributed by atoms with E-state index in [1.54, 1.807) is 0 Å². The third kappa shape index (κ3) is 3.15. The summed E-state index contributed by atoms with van der Waals surface area (Å²) in [7, 11) is 0. The molecule has 3 rings (SSSR count). The number of amides is 1. The minimum Gasteiger partial charge on any atom is -0.328 e. The van der Waals surface area contributed by atoms with Gasteiger partial charge in [-0.15, -0.1) is 0 Å². The van der Waals surface area contributed by atoms with E-state index in [4.69, 9.17) is 5.73 Å². The summed E-state index contributed by atoms with van der Waals surface area (Å²) in [5.74, 6) is -0.000437. The smallest absolute Gasteiger partial charge is 0.240 e. The van der Waals surface area contributed by atoms with Crippen LogP contribution in [0.25, 0.3) is 10.2 Å². The van der Waals surface area contributed by atoms with Gasteiger partial charge in [-0.3, -0.25) is 9.69 Å². The number of carbonyl (C=O) groups is 1. The number of carbonyl (C=O) groups excluding carboxylic acids is 1. The van der Waals surface area contributed by atoms with Crippen molar-refractivity contribution in [2.24, 2.45) is 5.73 Å². The summed E-state index contributed by atoms with van der Waals surface area (Å²) in [6.07, 6.45) is 1.93. The Labute approximate surface area is 121 Å². The molecule has 0 aliphatic carbocycles. The van der Waals surface area contributed by atoms with E-state index in [9.17, 15) is 4.79 Å². The van der Waals surface area contributed by atoms with Crippen molar-refractivity contribution in [3.05, 3.63) is 24.3 Å². The highest BCUT2D eigenvalue weighted by Crippen LogP contribution is 2.25. The van der Waals surface area contributed by atoms with Gasteiger partial charge in [-0.2, -0.15) is 0 Å². The van der Waals surface area contributed by atoms with Crippen molar-refractivity contribution in [2.45, 2.75) is 18.9 Å². The van der Waals surface area contributed by atoms with Gasteiger partial charge in [0.15, 0.2) is 5.13 Å². The van der Waals surface area contributed by atoms with Crippen LogP contribution in [-0.4, -0.2) is 41.5 Å². The molecule has 20 heavy (non-hydrogen) atoms. The molecule has 1 aliphatic rings. The molecule has 0 bridgehead atoms. The summed E-state index contributed by atoms with van der Waals surface area (Å²) in [6.45, 7) is 2.21. The Bertz CT molecular complexity index is 571. The van der Waals surface area contributed by atoms with Gasteiger partial charge in [0.1, 0.15) is 0 Å². The summed E-state index contributed by atoms with van der Waals surface area (Å²) in [5.41, 5.74) is 6.79. The number of para-hydroxylation sites is 1. The summed E-state index contributed by atoms with van der Waals surface area (Å²) < 4.78 is 1.09. The minimum absolute atomic E-state index is 0.000437. The number of benzene rings is 1. The van der Waals surface area contributed by atoms with Gasteiger partial charge in [0.2, 0.25) is 5.91 Å². The lowest BCUT2D eigenvalue weighted by molar-refractivity contribution is -0.117. The largest absolute Gasteiger partial charge is 0.328 e. The van der Waals surface area contributed by atoms with E-state index < -0.39 is 0 Å². The Balaban J connectivity index is 1.58. The molecule has 5 nitrogen and oxygen atoms in total. The summed E-state index contributed by atoms with van der Waals surface area (Å²) in [6, 6.07) is 8.18. The Kier molecular flexibility index (Phi) is 3.95. The fraction of sp³-hybridized carbons (Fsp3) is 0.429. The van der Waals surface area contributed by atoms with Gasteiger partial charge in [0.25, 0.3) is 0 Å². The zero-order chi connectivity index (χ0) is 13.9. The first-order chi connectivity index (χ1) is 9.70. The third-order valence-corrected chi connectivity index (χ3v) is 4.49. The molecule has 1 amide bonds. The first-order valence-electron chi connectivity index (χ1n) is 6.84. The number of fused-ring (bicyclic) bond motifs is 1. The number of hydrogen-bond acceptors (Lipinski definition) is 5. The molecule has 1 aliphatic heterocycles. The topological polar surface area (TPSA) is 71.2 Å². The van der Waals surface area contributed by atoms with Gasteiger partial charge in [0.05, 0.1) is 16.8 Å². The van der Waals surface area contributed by atoms with E-state index in [-0.39, 0.29) is 5.91 Å². The number of hydrogen-bond donors (Lipinski definition) is 2. The van der Waals surface area contributed by atoms with E-state index >= 15 is 0 Å². The van der Waals surface area contributed by atoms with Gasteiger partial charge in [-0.05, 0) is 25.0 Å². The molecule has 1 aromatic heterocycles. The molecule has 2 aromatic rings. The third-order valence-electron chi connectivity index (χ3n) is 3.54. The van der Waals surface area contributed by atoms with E-state index in [0.717, 1.165) is 36.1 Å². The standard InChI is InChI=1S/C14H18N4OS/c15-10-5-7-18(8-6-10)9-13(19)17-14-16-11-3-1-2-4-12(11)20-14/h1-4,10H,5-9,15H2,(H,16,17,19). The average molecular weight is 290 g/mol. The molecule has 1 fully saturated rings. The lowest BCUT2D eigenvalue weighted by Crippen LogP contribution is -2.43. The molecule has 0 radical (unpaired) electrons. The SMILES string of the molecule is NC1CCN(CC(=O)Nc2nc3ccccc3s2)CC1. The molecule has 0 saturated carbocycles. The maximum absolute atomic E-state index is 12.0. The molecule has 0 spiro atoms. The maximum Gasteiger partial charge on any atom is 0.240 e. The first kappa shape index (κ1) is 13.5. The number of piperidine rings is 1. The molecular formula is C14H18N4OS. The van der Waals surface area contributed by atoms with Crippen molar-refractivity contribution in [1.82, 2.24) is 9.88 Å². The Hall–Kier alpha value is -1.50.